The number of benzene rings is 1. The quantitative estimate of drug-likeness (QED) is 0.883. The highest BCUT2D eigenvalue weighted by atomic mass is 15.2. The van der Waals surface area contributed by atoms with Crippen LogP contribution in [0.1, 0.15) is 44.7 Å². The molecule has 0 aromatic heterocycles. The van der Waals surface area contributed by atoms with Crippen LogP contribution in [-0.2, 0) is 0 Å². The number of nitrogens with zero attached hydrogens (tertiary/aromatic N) is 1. The van der Waals surface area contributed by atoms with Gasteiger partial charge in [0.05, 0.1) is 0 Å². The van der Waals surface area contributed by atoms with E-state index in [0.29, 0.717) is 12.1 Å². The predicted molar refractivity (Wildman–Crippen MR) is 84.7 cm³/mol. The molecule has 2 aliphatic rings. The Hall–Kier alpha value is -0.860. The zero-order valence-electron chi connectivity index (χ0n) is 12.9. The molecule has 2 nitrogen and oxygen atoms in total. The second kappa shape index (κ2) is 6.28. The van der Waals surface area contributed by atoms with Gasteiger partial charge in [-0.1, -0.05) is 57.0 Å². The monoisotopic (exact) mass is 272 g/mol. The molecule has 1 aliphatic heterocycles. The molecular weight excluding hydrogens is 244 g/mol. The molecule has 0 amide bonds. The smallest absolute Gasteiger partial charge is 0.0473 e. The van der Waals surface area contributed by atoms with Crippen LogP contribution in [0.15, 0.2) is 30.3 Å². The van der Waals surface area contributed by atoms with Crippen molar-refractivity contribution in [3.8, 4) is 0 Å². The van der Waals surface area contributed by atoms with Gasteiger partial charge in [0.1, 0.15) is 0 Å². The van der Waals surface area contributed by atoms with Gasteiger partial charge in [0, 0.05) is 25.2 Å². The molecule has 2 fully saturated rings. The van der Waals surface area contributed by atoms with Gasteiger partial charge < -0.3 is 5.32 Å². The first-order chi connectivity index (χ1) is 9.74. The van der Waals surface area contributed by atoms with Crippen LogP contribution in [0, 0.1) is 11.8 Å². The Morgan fingerprint density at radius 1 is 1.20 bits per heavy atom. The van der Waals surface area contributed by atoms with Crippen molar-refractivity contribution in [1.29, 1.82) is 0 Å². The van der Waals surface area contributed by atoms with E-state index in [1.54, 1.807) is 0 Å². The fourth-order valence-corrected chi connectivity index (χ4v) is 3.29. The van der Waals surface area contributed by atoms with Gasteiger partial charge in [0.2, 0.25) is 0 Å². The largest absolute Gasteiger partial charge is 0.311 e. The van der Waals surface area contributed by atoms with Gasteiger partial charge in [0.15, 0.2) is 0 Å². The van der Waals surface area contributed by atoms with Gasteiger partial charge in [-0.25, -0.2) is 0 Å². The third-order valence-corrected chi connectivity index (χ3v) is 4.96. The normalized spacial score (nSPS) is 27.9. The number of rotatable bonds is 5. The average molecular weight is 272 g/mol. The number of hydrogen-bond acceptors (Lipinski definition) is 2. The lowest BCUT2D eigenvalue weighted by atomic mass is 9.95. The molecule has 0 radical (unpaired) electrons. The van der Waals surface area contributed by atoms with Gasteiger partial charge in [-0.3, -0.25) is 4.90 Å². The molecule has 110 valence electrons. The van der Waals surface area contributed by atoms with Crippen molar-refractivity contribution in [3.63, 3.8) is 0 Å². The molecule has 1 saturated heterocycles. The zero-order chi connectivity index (χ0) is 13.9. The Kier molecular flexibility index (Phi) is 4.42. The maximum Gasteiger partial charge on any atom is 0.0473 e. The van der Waals surface area contributed by atoms with E-state index in [1.165, 1.54) is 37.9 Å². The topological polar surface area (TPSA) is 15.3 Å². The fourth-order valence-electron chi connectivity index (χ4n) is 3.29. The number of hydrogen-bond donors (Lipinski definition) is 1. The van der Waals surface area contributed by atoms with E-state index in [4.69, 9.17) is 0 Å². The van der Waals surface area contributed by atoms with Crippen LogP contribution >= 0.6 is 0 Å². The zero-order valence-corrected chi connectivity index (χ0v) is 12.9. The summed E-state index contributed by atoms with van der Waals surface area (Å²) < 4.78 is 0. The van der Waals surface area contributed by atoms with E-state index in [9.17, 15) is 0 Å². The van der Waals surface area contributed by atoms with Crippen LogP contribution in [0.4, 0.5) is 0 Å². The maximum absolute atomic E-state index is 3.76. The third-order valence-electron chi connectivity index (χ3n) is 4.96. The van der Waals surface area contributed by atoms with E-state index in [1.807, 2.05) is 0 Å². The van der Waals surface area contributed by atoms with Gasteiger partial charge in [-0.2, -0.15) is 0 Å². The molecule has 1 aromatic rings. The van der Waals surface area contributed by atoms with Gasteiger partial charge >= 0.3 is 0 Å². The van der Waals surface area contributed by atoms with Gasteiger partial charge in [0.25, 0.3) is 0 Å². The minimum absolute atomic E-state index is 0.560. The molecule has 1 N–H and O–H groups in total. The van der Waals surface area contributed by atoms with Crippen LogP contribution < -0.4 is 5.32 Å². The van der Waals surface area contributed by atoms with Crippen LogP contribution in [0.2, 0.25) is 0 Å². The second-order valence-corrected chi connectivity index (χ2v) is 6.91. The highest BCUT2D eigenvalue weighted by molar-refractivity contribution is 5.20. The fraction of sp³-hybridized carbons (Fsp3) is 0.667. The van der Waals surface area contributed by atoms with Gasteiger partial charge in [-0.15, -0.1) is 0 Å². The summed E-state index contributed by atoms with van der Waals surface area (Å²) >= 11 is 0. The first-order valence-electron chi connectivity index (χ1n) is 8.26. The summed E-state index contributed by atoms with van der Waals surface area (Å²) in [4.78, 5) is 2.73. The Labute approximate surface area is 123 Å². The van der Waals surface area contributed by atoms with Crippen molar-refractivity contribution in [1.82, 2.24) is 10.2 Å². The van der Waals surface area contributed by atoms with E-state index in [-0.39, 0.29) is 0 Å². The van der Waals surface area contributed by atoms with Crippen molar-refractivity contribution in [2.24, 2.45) is 11.8 Å². The summed E-state index contributed by atoms with van der Waals surface area (Å²) in [6.45, 7) is 8.23. The first kappa shape index (κ1) is 14.1. The van der Waals surface area contributed by atoms with Crippen LogP contribution in [-0.4, -0.2) is 30.6 Å². The van der Waals surface area contributed by atoms with Crippen molar-refractivity contribution in [3.05, 3.63) is 35.9 Å². The molecule has 0 spiro atoms. The van der Waals surface area contributed by atoms with Crippen molar-refractivity contribution < 1.29 is 0 Å². The summed E-state index contributed by atoms with van der Waals surface area (Å²) in [5, 5.41) is 3.76. The molecule has 3 rings (SSSR count). The molecular formula is C18H28N2. The molecule has 1 aliphatic carbocycles. The Morgan fingerprint density at radius 2 is 1.95 bits per heavy atom. The first-order valence-corrected chi connectivity index (χ1v) is 8.26. The van der Waals surface area contributed by atoms with Crippen LogP contribution in [0.3, 0.4) is 0 Å². The van der Waals surface area contributed by atoms with E-state index >= 15 is 0 Å². The van der Waals surface area contributed by atoms with Crippen LogP contribution in [0.5, 0.6) is 0 Å². The maximum atomic E-state index is 3.76. The van der Waals surface area contributed by atoms with Crippen molar-refractivity contribution >= 4 is 0 Å². The molecule has 20 heavy (non-hydrogen) atoms. The van der Waals surface area contributed by atoms with Crippen molar-refractivity contribution in [2.75, 3.05) is 19.6 Å². The molecule has 2 unspecified atom stereocenters. The van der Waals surface area contributed by atoms with Gasteiger partial charge in [-0.05, 0) is 30.4 Å². The summed E-state index contributed by atoms with van der Waals surface area (Å²) in [5.41, 5.74) is 1.47. The summed E-state index contributed by atoms with van der Waals surface area (Å²) in [6.07, 6.45) is 4.33. The second-order valence-electron chi connectivity index (χ2n) is 6.91. The minimum Gasteiger partial charge on any atom is -0.311 e. The molecule has 2 heteroatoms. The lowest BCUT2D eigenvalue weighted by Gasteiger charge is -2.42. The third kappa shape index (κ3) is 3.42. The molecule has 1 heterocycles. The SMILES string of the molecule is CC(C)C1CN(CCC2CC2)C(c2ccccc2)CN1. The van der Waals surface area contributed by atoms with E-state index < -0.39 is 0 Å². The van der Waals surface area contributed by atoms with Crippen molar-refractivity contribution in [2.45, 2.75) is 45.2 Å². The Bertz CT molecular complexity index is 411. The average Bonchev–Trinajstić information content (AvgIpc) is 3.30. The Balaban J connectivity index is 1.69. The molecule has 2 atom stereocenters. The summed E-state index contributed by atoms with van der Waals surface area (Å²) in [7, 11) is 0. The minimum atomic E-state index is 0.560. The molecule has 1 saturated carbocycles. The highest BCUT2D eigenvalue weighted by Gasteiger charge is 2.31. The predicted octanol–water partition coefficient (Wildman–Crippen LogP) is 3.46. The van der Waals surface area contributed by atoms with Crippen LogP contribution in [0.25, 0.3) is 0 Å². The number of piperazine rings is 1. The molecule has 0 bridgehead atoms. The lowest BCUT2D eigenvalue weighted by Crippen LogP contribution is -2.54. The lowest BCUT2D eigenvalue weighted by molar-refractivity contribution is 0.110. The summed E-state index contributed by atoms with van der Waals surface area (Å²) in [5.74, 6) is 1.74. The standard InChI is InChI=1S/C18H28N2/c1-14(2)17-13-20(11-10-15-8-9-15)18(12-19-17)16-6-4-3-5-7-16/h3-7,14-15,17-19H,8-13H2,1-2H3. The highest BCUT2D eigenvalue weighted by Crippen LogP contribution is 2.34. The molecule has 1 aromatic carbocycles. The van der Waals surface area contributed by atoms with E-state index in [0.717, 1.165) is 18.4 Å². The van der Waals surface area contributed by atoms with E-state index in [2.05, 4.69) is 54.4 Å². The number of nitrogens with one attached hydrogen (secondary N) is 1. The summed E-state index contributed by atoms with van der Waals surface area (Å²) in [6, 6.07) is 12.2. The Morgan fingerprint density at radius 3 is 2.60 bits per heavy atom.